The van der Waals surface area contributed by atoms with Gasteiger partial charge in [0.05, 0.1) is 28.9 Å². The summed E-state index contributed by atoms with van der Waals surface area (Å²) in [7, 11) is 0. The van der Waals surface area contributed by atoms with Crippen molar-refractivity contribution in [1.29, 1.82) is 0 Å². The number of halogens is 1. The second kappa shape index (κ2) is 7.24. The highest BCUT2D eigenvalue weighted by atomic mass is 19.1. The Hall–Kier alpha value is -3.35. The number of carbonyl (C=O) groups is 1. The van der Waals surface area contributed by atoms with Crippen LogP contribution in [0.25, 0.3) is 11.1 Å². The molecule has 3 heterocycles. The number of rotatable bonds is 5. The molecular weight excluding hydrogens is 371 g/mol. The van der Waals surface area contributed by atoms with E-state index >= 15 is 0 Å². The third-order valence-corrected chi connectivity index (χ3v) is 5.04. The standard InChI is InChI=1S/C22H23FN4O2/c1-13(2)27-15(4)21(14(3)25-27)24-22(28)19-11-20-18(8-9-29-20)26(19)12-16-6-5-7-17(23)10-16/h5-11,13H,12H2,1-4H3,(H,24,28). The Kier molecular flexibility index (Phi) is 4.74. The molecule has 6 nitrogen and oxygen atoms in total. The van der Waals surface area contributed by atoms with Gasteiger partial charge in [-0.05, 0) is 45.4 Å². The van der Waals surface area contributed by atoms with Crippen molar-refractivity contribution in [3.8, 4) is 0 Å². The minimum atomic E-state index is -0.309. The van der Waals surface area contributed by atoms with Gasteiger partial charge >= 0.3 is 0 Å². The second-order valence-electron chi connectivity index (χ2n) is 7.45. The number of aryl methyl sites for hydroxylation is 1. The van der Waals surface area contributed by atoms with Crippen molar-refractivity contribution in [3.63, 3.8) is 0 Å². The molecule has 4 rings (SSSR count). The third-order valence-electron chi connectivity index (χ3n) is 5.04. The molecule has 1 aromatic carbocycles. The summed E-state index contributed by atoms with van der Waals surface area (Å²) in [6, 6.07) is 10.1. The summed E-state index contributed by atoms with van der Waals surface area (Å²) in [6.07, 6.45) is 1.58. The van der Waals surface area contributed by atoms with E-state index in [1.54, 1.807) is 24.5 Å². The van der Waals surface area contributed by atoms with Crippen LogP contribution in [0.1, 0.15) is 47.3 Å². The summed E-state index contributed by atoms with van der Waals surface area (Å²) in [5.41, 5.74) is 4.97. The molecule has 0 fully saturated rings. The molecule has 4 aromatic rings. The molecule has 0 saturated heterocycles. The number of fused-ring (bicyclic) bond motifs is 1. The second-order valence-corrected chi connectivity index (χ2v) is 7.45. The summed E-state index contributed by atoms with van der Waals surface area (Å²) in [6.45, 7) is 8.26. The molecule has 0 spiro atoms. The first-order valence-corrected chi connectivity index (χ1v) is 9.53. The molecule has 0 aliphatic carbocycles. The number of nitrogens with one attached hydrogen (secondary N) is 1. The molecule has 0 radical (unpaired) electrons. The van der Waals surface area contributed by atoms with Gasteiger partial charge < -0.3 is 14.3 Å². The molecule has 0 atom stereocenters. The average Bonchev–Trinajstić information content (AvgIpc) is 3.32. The minimum Gasteiger partial charge on any atom is -0.463 e. The fraction of sp³-hybridized carbons (Fsp3) is 0.273. The Morgan fingerprint density at radius 3 is 2.72 bits per heavy atom. The van der Waals surface area contributed by atoms with Gasteiger partial charge in [-0.1, -0.05) is 12.1 Å². The van der Waals surface area contributed by atoms with Crippen LogP contribution in [0.2, 0.25) is 0 Å². The number of amides is 1. The van der Waals surface area contributed by atoms with Crippen molar-refractivity contribution in [2.45, 2.75) is 40.3 Å². The van der Waals surface area contributed by atoms with Gasteiger partial charge in [-0.15, -0.1) is 0 Å². The van der Waals surface area contributed by atoms with Gasteiger partial charge in [0.2, 0.25) is 0 Å². The highest BCUT2D eigenvalue weighted by molar-refractivity contribution is 6.06. The van der Waals surface area contributed by atoms with Gasteiger partial charge in [-0.3, -0.25) is 9.48 Å². The van der Waals surface area contributed by atoms with Crippen LogP contribution in [0.5, 0.6) is 0 Å². The van der Waals surface area contributed by atoms with E-state index < -0.39 is 0 Å². The topological polar surface area (TPSA) is 65.0 Å². The zero-order chi connectivity index (χ0) is 20.7. The van der Waals surface area contributed by atoms with Crippen LogP contribution in [0.3, 0.4) is 0 Å². The highest BCUT2D eigenvalue weighted by Crippen LogP contribution is 2.26. The summed E-state index contributed by atoms with van der Waals surface area (Å²) in [5.74, 6) is -0.571. The third kappa shape index (κ3) is 3.44. The first-order chi connectivity index (χ1) is 13.8. The van der Waals surface area contributed by atoms with Crippen LogP contribution in [0.4, 0.5) is 10.1 Å². The van der Waals surface area contributed by atoms with Crippen molar-refractivity contribution in [1.82, 2.24) is 14.3 Å². The molecule has 150 valence electrons. The molecule has 3 aromatic heterocycles. The van der Waals surface area contributed by atoms with E-state index in [9.17, 15) is 9.18 Å². The van der Waals surface area contributed by atoms with E-state index in [1.807, 2.05) is 43.0 Å². The maximum atomic E-state index is 13.6. The largest absolute Gasteiger partial charge is 0.463 e. The molecule has 29 heavy (non-hydrogen) atoms. The van der Waals surface area contributed by atoms with E-state index in [2.05, 4.69) is 10.4 Å². The first kappa shape index (κ1) is 19.0. The van der Waals surface area contributed by atoms with Gasteiger partial charge in [-0.2, -0.15) is 5.10 Å². The van der Waals surface area contributed by atoms with E-state index in [-0.39, 0.29) is 17.8 Å². The van der Waals surface area contributed by atoms with Crippen molar-refractivity contribution < 1.29 is 13.6 Å². The summed E-state index contributed by atoms with van der Waals surface area (Å²) in [5, 5.41) is 7.52. The van der Waals surface area contributed by atoms with Gasteiger partial charge in [-0.25, -0.2) is 4.39 Å². The summed E-state index contributed by atoms with van der Waals surface area (Å²) < 4.78 is 22.9. The van der Waals surface area contributed by atoms with Gasteiger partial charge in [0.25, 0.3) is 5.91 Å². The number of nitrogens with zero attached hydrogens (tertiary/aromatic N) is 3. The van der Waals surface area contributed by atoms with Gasteiger partial charge in [0.1, 0.15) is 11.5 Å². The zero-order valence-corrected chi connectivity index (χ0v) is 16.9. The number of hydrogen-bond acceptors (Lipinski definition) is 3. The predicted octanol–water partition coefficient (Wildman–Crippen LogP) is 5.07. The fourth-order valence-corrected chi connectivity index (χ4v) is 3.68. The van der Waals surface area contributed by atoms with Crippen molar-refractivity contribution in [2.75, 3.05) is 5.32 Å². The van der Waals surface area contributed by atoms with Crippen molar-refractivity contribution in [2.24, 2.45) is 0 Å². The van der Waals surface area contributed by atoms with Gasteiger partial charge in [0.15, 0.2) is 5.58 Å². The minimum absolute atomic E-state index is 0.193. The lowest BCUT2D eigenvalue weighted by Gasteiger charge is -2.12. The lowest BCUT2D eigenvalue weighted by atomic mass is 10.2. The highest BCUT2D eigenvalue weighted by Gasteiger charge is 2.21. The molecule has 0 aliphatic heterocycles. The zero-order valence-electron chi connectivity index (χ0n) is 16.9. The Labute approximate surface area is 167 Å². The van der Waals surface area contributed by atoms with E-state index in [1.165, 1.54) is 12.1 Å². The molecule has 0 saturated carbocycles. The van der Waals surface area contributed by atoms with Crippen LogP contribution < -0.4 is 5.32 Å². The lowest BCUT2D eigenvalue weighted by Crippen LogP contribution is -2.18. The number of aromatic nitrogens is 3. The molecule has 1 amide bonds. The smallest absolute Gasteiger partial charge is 0.272 e. The Bertz CT molecular complexity index is 1200. The SMILES string of the molecule is Cc1nn(C(C)C)c(C)c1NC(=O)c1cc2occc2n1Cc1cccc(F)c1. The number of benzene rings is 1. The summed E-state index contributed by atoms with van der Waals surface area (Å²) in [4.78, 5) is 13.2. The maximum absolute atomic E-state index is 13.6. The maximum Gasteiger partial charge on any atom is 0.272 e. The van der Waals surface area contributed by atoms with Crippen molar-refractivity contribution >= 4 is 22.7 Å². The molecule has 0 bridgehead atoms. The predicted molar refractivity (Wildman–Crippen MR) is 110 cm³/mol. The monoisotopic (exact) mass is 394 g/mol. The van der Waals surface area contributed by atoms with Crippen molar-refractivity contribution in [3.05, 3.63) is 71.1 Å². The normalized spacial score (nSPS) is 11.5. The first-order valence-electron chi connectivity index (χ1n) is 9.53. The van der Waals surface area contributed by atoms with E-state index in [0.29, 0.717) is 23.5 Å². The molecule has 0 aliphatic rings. The van der Waals surface area contributed by atoms with Crippen LogP contribution in [-0.2, 0) is 6.54 Å². The summed E-state index contributed by atoms with van der Waals surface area (Å²) >= 11 is 0. The number of anilines is 1. The molecule has 1 N–H and O–H groups in total. The van der Waals surface area contributed by atoms with Crippen LogP contribution >= 0.6 is 0 Å². The number of carbonyl (C=O) groups excluding carboxylic acids is 1. The lowest BCUT2D eigenvalue weighted by molar-refractivity contribution is 0.101. The fourth-order valence-electron chi connectivity index (χ4n) is 3.68. The van der Waals surface area contributed by atoms with Gasteiger partial charge in [0, 0.05) is 24.7 Å². The van der Waals surface area contributed by atoms with E-state index in [4.69, 9.17) is 4.42 Å². The number of hydrogen-bond donors (Lipinski definition) is 1. The van der Waals surface area contributed by atoms with E-state index in [0.717, 1.165) is 22.5 Å². The molecule has 0 unspecified atom stereocenters. The van der Waals surface area contributed by atoms with Crippen LogP contribution in [-0.4, -0.2) is 20.3 Å². The quantitative estimate of drug-likeness (QED) is 0.514. The average molecular weight is 394 g/mol. The molecule has 7 heteroatoms. The Balaban J connectivity index is 1.71. The number of furan rings is 1. The molecular formula is C22H23FN4O2. The Morgan fingerprint density at radius 1 is 1.24 bits per heavy atom. The Morgan fingerprint density at radius 2 is 2.03 bits per heavy atom. The van der Waals surface area contributed by atoms with Crippen LogP contribution in [0.15, 0.2) is 47.1 Å². The van der Waals surface area contributed by atoms with Crippen LogP contribution in [0, 0.1) is 19.7 Å².